The lowest BCUT2D eigenvalue weighted by molar-refractivity contribution is -0.139. The number of hydrogen-bond acceptors (Lipinski definition) is 2. The maximum atomic E-state index is 11.7. The van der Waals surface area contributed by atoms with Crippen LogP contribution in [0.5, 0.6) is 0 Å². The van der Waals surface area contributed by atoms with Crippen molar-refractivity contribution in [1.82, 2.24) is 10.6 Å². The van der Waals surface area contributed by atoms with Gasteiger partial charge in [-0.15, -0.1) is 0 Å². The van der Waals surface area contributed by atoms with Crippen LogP contribution in [-0.2, 0) is 4.79 Å². The third-order valence-corrected chi connectivity index (χ3v) is 4.01. The van der Waals surface area contributed by atoms with Crippen LogP contribution in [0, 0.1) is 11.3 Å². The summed E-state index contributed by atoms with van der Waals surface area (Å²) in [5.74, 6) is -0.805. The highest BCUT2D eigenvalue weighted by Gasteiger charge is 2.42. The molecule has 5 nitrogen and oxygen atoms in total. The average molecular weight is 254 g/mol. The van der Waals surface area contributed by atoms with Crippen molar-refractivity contribution in [3.05, 3.63) is 0 Å². The van der Waals surface area contributed by atoms with Gasteiger partial charge in [-0.05, 0) is 43.4 Å². The monoisotopic (exact) mass is 254 g/mol. The van der Waals surface area contributed by atoms with Crippen LogP contribution in [0.4, 0.5) is 4.79 Å². The van der Waals surface area contributed by atoms with Gasteiger partial charge in [0.15, 0.2) is 0 Å². The number of amides is 2. The van der Waals surface area contributed by atoms with E-state index in [0.717, 1.165) is 25.7 Å². The Morgan fingerprint density at radius 3 is 2.50 bits per heavy atom. The number of aliphatic carboxylic acids is 1. The fourth-order valence-electron chi connectivity index (χ4n) is 2.49. The number of urea groups is 1. The van der Waals surface area contributed by atoms with Crippen molar-refractivity contribution in [2.45, 2.75) is 51.5 Å². The van der Waals surface area contributed by atoms with Crippen molar-refractivity contribution in [2.24, 2.45) is 11.3 Å². The van der Waals surface area contributed by atoms with Crippen LogP contribution in [0.15, 0.2) is 0 Å². The molecule has 2 amide bonds. The van der Waals surface area contributed by atoms with Crippen molar-refractivity contribution >= 4 is 12.0 Å². The standard InChI is InChI=1S/C13H22N2O3/c1-2-5-13(6-7-13)8-14-12(18)15-10(11(16)17)9-3-4-9/h9-10H,2-8H2,1H3,(H,16,17)(H2,14,15,18). The number of hydrogen-bond donors (Lipinski definition) is 3. The topological polar surface area (TPSA) is 78.4 Å². The molecule has 2 aliphatic carbocycles. The lowest BCUT2D eigenvalue weighted by atomic mass is 10.0. The summed E-state index contributed by atoms with van der Waals surface area (Å²) in [5.41, 5.74) is 0.296. The molecular formula is C13H22N2O3. The lowest BCUT2D eigenvalue weighted by Gasteiger charge is -2.18. The Morgan fingerprint density at radius 2 is 2.06 bits per heavy atom. The van der Waals surface area contributed by atoms with Gasteiger partial charge in [0.2, 0.25) is 0 Å². The zero-order valence-electron chi connectivity index (χ0n) is 10.9. The first kappa shape index (κ1) is 13.2. The van der Waals surface area contributed by atoms with Crippen LogP contribution in [-0.4, -0.2) is 29.7 Å². The number of carboxylic acid groups (broad SMARTS) is 1. The molecule has 0 aromatic carbocycles. The molecule has 18 heavy (non-hydrogen) atoms. The molecule has 2 saturated carbocycles. The molecule has 2 fully saturated rings. The minimum atomic E-state index is -0.928. The van der Waals surface area contributed by atoms with Crippen molar-refractivity contribution in [2.75, 3.05) is 6.54 Å². The molecule has 0 saturated heterocycles. The van der Waals surface area contributed by atoms with Crippen LogP contribution >= 0.6 is 0 Å². The van der Waals surface area contributed by atoms with Crippen LogP contribution in [0.25, 0.3) is 0 Å². The van der Waals surface area contributed by atoms with Crippen molar-refractivity contribution < 1.29 is 14.7 Å². The molecule has 0 heterocycles. The summed E-state index contributed by atoms with van der Waals surface area (Å²) in [6.45, 7) is 2.82. The molecule has 5 heteroatoms. The molecule has 0 radical (unpaired) electrons. The lowest BCUT2D eigenvalue weighted by Crippen LogP contribution is -2.48. The second-order valence-corrected chi connectivity index (χ2v) is 5.73. The van der Waals surface area contributed by atoms with E-state index >= 15 is 0 Å². The van der Waals surface area contributed by atoms with Gasteiger partial charge in [0, 0.05) is 6.54 Å². The Bertz CT molecular complexity index is 335. The second-order valence-electron chi connectivity index (χ2n) is 5.73. The summed E-state index contributed by atoms with van der Waals surface area (Å²) < 4.78 is 0. The Labute approximate surface area is 107 Å². The fraction of sp³-hybridized carbons (Fsp3) is 0.846. The van der Waals surface area contributed by atoms with Gasteiger partial charge in [0.1, 0.15) is 6.04 Å². The quantitative estimate of drug-likeness (QED) is 0.647. The third-order valence-electron chi connectivity index (χ3n) is 4.01. The summed E-state index contributed by atoms with van der Waals surface area (Å²) in [6, 6.07) is -1.05. The smallest absolute Gasteiger partial charge is 0.326 e. The molecule has 2 rings (SSSR count). The Balaban J connectivity index is 1.73. The first-order valence-electron chi connectivity index (χ1n) is 6.83. The van der Waals surface area contributed by atoms with E-state index in [1.54, 1.807) is 0 Å². The summed E-state index contributed by atoms with van der Waals surface area (Å²) in [7, 11) is 0. The molecule has 0 bridgehead atoms. The van der Waals surface area contributed by atoms with Crippen molar-refractivity contribution in [3.63, 3.8) is 0 Å². The van der Waals surface area contributed by atoms with E-state index in [-0.39, 0.29) is 11.9 Å². The van der Waals surface area contributed by atoms with E-state index in [1.165, 1.54) is 12.8 Å². The number of carbonyl (C=O) groups is 2. The van der Waals surface area contributed by atoms with Crippen LogP contribution < -0.4 is 10.6 Å². The number of nitrogens with one attached hydrogen (secondary N) is 2. The zero-order chi connectivity index (χ0) is 13.2. The van der Waals surface area contributed by atoms with Gasteiger partial charge in [0.25, 0.3) is 0 Å². The first-order valence-corrected chi connectivity index (χ1v) is 6.83. The zero-order valence-corrected chi connectivity index (χ0v) is 10.9. The second kappa shape index (κ2) is 5.16. The molecule has 1 unspecified atom stereocenters. The predicted molar refractivity (Wildman–Crippen MR) is 67.3 cm³/mol. The summed E-state index contributed by atoms with van der Waals surface area (Å²) in [5, 5.41) is 14.4. The molecule has 2 aliphatic rings. The minimum absolute atomic E-state index is 0.124. The summed E-state index contributed by atoms with van der Waals surface area (Å²) in [6.07, 6.45) is 6.41. The maximum Gasteiger partial charge on any atom is 0.326 e. The van der Waals surface area contributed by atoms with Crippen molar-refractivity contribution in [1.29, 1.82) is 0 Å². The van der Waals surface area contributed by atoms with Crippen LogP contribution in [0.1, 0.15) is 45.4 Å². The van der Waals surface area contributed by atoms with Crippen LogP contribution in [0.2, 0.25) is 0 Å². The maximum absolute atomic E-state index is 11.7. The third kappa shape index (κ3) is 3.37. The van der Waals surface area contributed by atoms with E-state index in [0.29, 0.717) is 12.0 Å². The van der Waals surface area contributed by atoms with Crippen LogP contribution in [0.3, 0.4) is 0 Å². The largest absolute Gasteiger partial charge is 0.480 e. The van der Waals surface area contributed by atoms with E-state index in [4.69, 9.17) is 5.11 Å². The molecular weight excluding hydrogens is 232 g/mol. The van der Waals surface area contributed by atoms with Gasteiger partial charge in [-0.25, -0.2) is 9.59 Å². The SMILES string of the molecule is CCCC1(CNC(=O)NC(C(=O)O)C2CC2)CC1. The van der Waals surface area contributed by atoms with Gasteiger partial charge in [-0.3, -0.25) is 0 Å². The Hall–Kier alpha value is -1.26. The number of carbonyl (C=O) groups excluding carboxylic acids is 1. The molecule has 1 atom stereocenters. The predicted octanol–water partition coefficient (Wildman–Crippen LogP) is 1.73. The average Bonchev–Trinajstić information content (AvgIpc) is 3.18. The van der Waals surface area contributed by atoms with E-state index < -0.39 is 12.0 Å². The van der Waals surface area contributed by atoms with Gasteiger partial charge in [0.05, 0.1) is 0 Å². The molecule has 102 valence electrons. The van der Waals surface area contributed by atoms with Gasteiger partial charge in [-0.2, -0.15) is 0 Å². The number of carboxylic acids is 1. The molecule has 0 aliphatic heterocycles. The van der Waals surface area contributed by atoms with E-state index in [9.17, 15) is 9.59 Å². The first-order chi connectivity index (χ1) is 8.56. The molecule has 0 aromatic heterocycles. The number of rotatable bonds is 7. The molecule has 0 aromatic rings. The summed E-state index contributed by atoms with van der Waals surface area (Å²) >= 11 is 0. The van der Waals surface area contributed by atoms with E-state index in [2.05, 4.69) is 17.6 Å². The van der Waals surface area contributed by atoms with Crippen molar-refractivity contribution in [3.8, 4) is 0 Å². The minimum Gasteiger partial charge on any atom is -0.480 e. The fourth-order valence-corrected chi connectivity index (χ4v) is 2.49. The van der Waals surface area contributed by atoms with E-state index in [1.807, 2.05) is 0 Å². The molecule has 3 N–H and O–H groups in total. The normalized spacial score (nSPS) is 22.1. The highest BCUT2D eigenvalue weighted by molar-refractivity contribution is 5.83. The highest BCUT2D eigenvalue weighted by Crippen LogP contribution is 2.48. The Morgan fingerprint density at radius 1 is 1.39 bits per heavy atom. The summed E-state index contributed by atoms with van der Waals surface area (Å²) in [4.78, 5) is 22.7. The Kier molecular flexibility index (Phi) is 3.78. The van der Waals surface area contributed by atoms with Gasteiger partial charge >= 0.3 is 12.0 Å². The highest BCUT2D eigenvalue weighted by atomic mass is 16.4. The van der Waals surface area contributed by atoms with Gasteiger partial charge in [-0.1, -0.05) is 13.3 Å². The molecule has 0 spiro atoms. The van der Waals surface area contributed by atoms with Gasteiger partial charge < -0.3 is 15.7 Å².